The Labute approximate surface area is 188 Å². The Balaban J connectivity index is 1.60. The second kappa shape index (κ2) is 8.35. The van der Waals surface area contributed by atoms with Crippen molar-refractivity contribution in [1.82, 2.24) is 0 Å². The second-order valence-electron chi connectivity index (χ2n) is 7.05. The fourth-order valence-electron chi connectivity index (χ4n) is 3.40. The van der Waals surface area contributed by atoms with E-state index in [2.05, 4.69) is 21.2 Å². The second-order valence-corrected chi connectivity index (χ2v) is 7.96. The van der Waals surface area contributed by atoms with Crippen molar-refractivity contribution in [2.75, 3.05) is 16.8 Å². The van der Waals surface area contributed by atoms with Crippen LogP contribution in [0.15, 0.2) is 65.1 Å². The van der Waals surface area contributed by atoms with Crippen LogP contribution in [-0.2, 0) is 0 Å². The Hall–Kier alpha value is -3.45. The van der Waals surface area contributed by atoms with Crippen LogP contribution >= 0.6 is 15.9 Å². The summed E-state index contributed by atoms with van der Waals surface area (Å²) in [5.41, 5.74) is 2.80. The summed E-state index contributed by atoms with van der Waals surface area (Å²) in [4.78, 5) is 39.7. The minimum atomic E-state index is -0.461. The SMILES string of the molecule is CCOc1ccc(N2C(=O)c3ccc(C(=O)Nc4cc(Br)ccc4C)cc3C2=O)cc1. The van der Waals surface area contributed by atoms with Crippen LogP contribution in [0.2, 0.25) is 0 Å². The summed E-state index contributed by atoms with van der Waals surface area (Å²) in [6.45, 7) is 4.29. The van der Waals surface area contributed by atoms with Crippen LogP contribution in [0, 0.1) is 6.92 Å². The van der Waals surface area contributed by atoms with Crippen molar-refractivity contribution < 1.29 is 19.1 Å². The highest BCUT2D eigenvalue weighted by molar-refractivity contribution is 9.10. The Bertz CT molecular complexity index is 1200. The molecule has 0 radical (unpaired) electrons. The minimum Gasteiger partial charge on any atom is -0.494 e. The number of nitrogens with one attached hydrogen (secondary N) is 1. The fraction of sp³-hybridized carbons (Fsp3) is 0.125. The van der Waals surface area contributed by atoms with Gasteiger partial charge in [0.05, 0.1) is 23.4 Å². The lowest BCUT2D eigenvalue weighted by molar-refractivity contribution is 0.0925. The number of aryl methyl sites for hydroxylation is 1. The molecule has 0 bridgehead atoms. The smallest absolute Gasteiger partial charge is 0.266 e. The van der Waals surface area contributed by atoms with E-state index < -0.39 is 11.8 Å². The molecule has 156 valence electrons. The van der Waals surface area contributed by atoms with Crippen molar-refractivity contribution >= 4 is 45.0 Å². The van der Waals surface area contributed by atoms with Gasteiger partial charge < -0.3 is 10.1 Å². The highest BCUT2D eigenvalue weighted by Gasteiger charge is 2.37. The molecule has 3 amide bonds. The van der Waals surface area contributed by atoms with Crippen molar-refractivity contribution in [2.45, 2.75) is 13.8 Å². The Morgan fingerprint density at radius 3 is 2.39 bits per heavy atom. The first-order chi connectivity index (χ1) is 14.9. The maximum absolute atomic E-state index is 13.0. The first-order valence-corrected chi connectivity index (χ1v) is 10.5. The van der Waals surface area contributed by atoms with Crippen LogP contribution in [0.1, 0.15) is 43.6 Å². The van der Waals surface area contributed by atoms with Gasteiger partial charge in [-0.3, -0.25) is 14.4 Å². The Morgan fingerprint density at radius 1 is 0.968 bits per heavy atom. The molecule has 0 aromatic heterocycles. The number of ether oxygens (including phenoxy) is 1. The van der Waals surface area contributed by atoms with E-state index in [1.807, 2.05) is 32.0 Å². The summed E-state index contributed by atoms with van der Waals surface area (Å²) in [6, 6.07) is 16.9. The average Bonchev–Trinajstić information content (AvgIpc) is 3.01. The Morgan fingerprint density at radius 2 is 1.68 bits per heavy atom. The lowest BCUT2D eigenvalue weighted by atomic mass is 10.0. The molecule has 0 atom stereocenters. The van der Waals surface area contributed by atoms with Gasteiger partial charge in [-0.25, -0.2) is 4.90 Å². The zero-order chi connectivity index (χ0) is 22.1. The number of fused-ring (bicyclic) bond motifs is 1. The van der Waals surface area contributed by atoms with Gasteiger partial charge in [0, 0.05) is 15.7 Å². The maximum Gasteiger partial charge on any atom is 0.266 e. The number of rotatable bonds is 5. The number of hydrogen-bond donors (Lipinski definition) is 1. The van der Waals surface area contributed by atoms with E-state index in [0.29, 0.717) is 29.3 Å². The number of imide groups is 1. The lowest BCUT2D eigenvalue weighted by Gasteiger charge is -2.14. The molecule has 4 rings (SSSR count). The van der Waals surface area contributed by atoms with Gasteiger partial charge in [-0.15, -0.1) is 0 Å². The third-order valence-electron chi connectivity index (χ3n) is 5.00. The van der Waals surface area contributed by atoms with Crippen molar-refractivity contribution in [3.05, 3.63) is 87.4 Å². The molecule has 0 saturated heterocycles. The van der Waals surface area contributed by atoms with E-state index in [1.165, 1.54) is 12.1 Å². The van der Waals surface area contributed by atoms with Crippen LogP contribution in [0.3, 0.4) is 0 Å². The van der Waals surface area contributed by atoms with Crippen LogP contribution in [-0.4, -0.2) is 24.3 Å². The molecule has 0 saturated carbocycles. The summed E-state index contributed by atoms with van der Waals surface area (Å²) < 4.78 is 6.25. The van der Waals surface area contributed by atoms with E-state index in [-0.39, 0.29) is 17.0 Å². The zero-order valence-electron chi connectivity index (χ0n) is 16.9. The molecule has 3 aromatic rings. The topological polar surface area (TPSA) is 75.7 Å². The first-order valence-electron chi connectivity index (χ1n) is 9.72. The van der Waals surface area contributed by atoms with Gasteiger partial charge >= 0.3 is 0 Å². The molecule has 7 heteroatoms. The number of anilines is 2. The molecule has 3 aromatic carbocycles. The normalized spacial score (nSPS) is 12.7. The largest absolute Gasteiger partial charge is 0.494 e. The number of nitrogens with zero attached hydrogens (tertiary/aromatic N) is 1. The maximum atomic E-state index is 13.0. The number of carbonyl (C=O) groups excluding carboxylic acids is 3. The van der Waals surface area contributed by atoms with E-state index in [4.69, 9.17) is 4.74 Å². The standard InChI is InChI=1S/C24H19BrN2O4/c1-3-31-18-9-7-17(8-10-18)27-23(29)19-11-5-15(12-20(19)24(27)30)22(28)26-21-13-16(25)6-4-14(21)2/h4-13H,3H2,1-2H3,(H,26,28). The number of benzene rings is 3. The molecule has 0 spiro atoms. The summed E-state index contributed by atoms with van der Waals surface area (Å²) >= 11 is 3.39. The van der Waals surface area contributed by atoms with Gasteiger partial charge in [-0.05, 0) is 74.0 Å². The summed E-state index contributed by atoms with van der Waals surface area (Å²) in [5.74, 6) is -0.579. The quantitative estimate of drug-likeness (QED) is 0.510. The monoisotopic (exact) mass is 478 g/mol. The van der Waals surface area contributed by atoms with Crippen molar-refractivity contribution in [2.24, 2.45) is 0 Å². The van der Waals surface area contributed by atoms with E-state index >= 15 is 0 Å². The first kappa shape index (κ1) is 20.8. The molecule has 6 nitrogen and oxygen atoms in total. The highest BCUT2D eigenvalue weighted by Crippen LogP contribution is 2.30. The molecule has 0 fully saturated rings. The molecule has 0 unspecified atom stereocenters. The van der Waals surface area contributed by atoms with E-state index in [0.717, 1.165) is 14.9 Å². The van der Waals surface area contributed by atoms with Gasteiger partial charge in [-0.1, -0.05) is 22.0 Å². The lowest BCUT2D eigenvalue weighted by Crippen LogP contribution is -2.29. The number of hydrogen-bond acceptors (Lipinski definition) is 4. The van der Waals surface area contributed by atoms with Crippen molar-refractivity contribution in [3.63, 3.8) is 0 Å². The van der Waals surface area contributed by atoms with Gasteiger partial charge in [0.25, 0.3) is 17.7 Å². The van der Waals surface area contributed by atoms with Crippen LogP contribution in [0.25, 0.3) is 0 Å². The van der Waals surface area contributed by atoms with Crippen molar-refractivity contribution in [1.29, 1.82) is 0 Å². The predicted molar refractivity (Wildman–Crippen MR) is 122 cm³/mol. The number of carbonyl (C=O) groups is 3. The van der Waals surface area contributed by atoms with E-state index in [9.17, 15) is 14.4 Å². The summed E-state index contributed by atoms with van der Waals surface area (Å²) in [6.07, 6.45) is 0. The summed E-state index contributed by atoms with van der Waals surface area (Å²) in [5, 5.41) is 2.85. The predicted octanol–water partition coefficient (Wildman–Crippen LogP) is 5.21. The fourth-order valence-corrected chi connectivity index (χ4v) is 3.76. The van der Waals surface area contributed by atoms with Crippen molar-refractivity contribution in [3.8, 4) is 5.75 Å². The molecular formula is C24H19BrN2O4. The summed E-state index contributed by atoms with van der Waals surface area (Å²) in [7, 11) is 0. The van der Waals surface area contributed by atoms with Gasteiger partial charge in [-0.2, -0.15) is 0 Å². The van der Waals surface area contributed by atoms with Gasteiger partial charge in [0.1, 0.15) is 5.75 Å². The van der Waals surface area contributed by atoms with Gasteiger partial charge in [0.15, 0.2) is 0 Å². The molecule has 31 heavy (non-hydrogen) atoms. The highest BCUT2D eigenvalue weighted by atomic mass is 79.9. The van der Waals surface area contributed by atoms with Crippen LogP contribution in [0.5, 0.6) is 5.75 Å². The number of halogens is 1. The van der Waals surface area contributed by atoms with Crippen LogP contribution in [0.4, 0.5) is 11.4 Å². The molecule has 1 N–H and O–H groups in total. The van der Waals surface area contributed by atoms with Gasteiger partial charge in [0.2, 0.25) is 0 Å². The van der Waals surface area contributed by atoms with E-state index in [1.54, 1.807) is 30.3 Å². The molecular weight excluding hydrogens is 460 g/mol. The molecule has 0 aliphatic carbocycles. The molecule has 1 heterocycles. The molecule has 1 aliphatic rings. The Kier molecular flexibility index (Phi) is 5.61. The zero-order valence-corrected chi connectivity index (χ0v) is 18.5. The average molecular weight is 479 g/mol. The third-order valence-corrected chi connectivity index (χ3v) is 5.50. The molecule has 1 aliphatic heterocycles. The third kappa shape index (κ3) is 3.96. The number of amides is 3. The van der Waals surface area contributed by atoms with Crippen LogP contribution < -0.4 is 15.0 Å². The minimum absolute atomic E-state index is 0.206.